The molecule has 4 fully saturated rings. The topological polar surface area (TPSA) is 34.1 Å². The van der Waals surface area contributed by atoms with E-state index in [0.29, 0.717) is 35.2 Å². The van der Waals surface area contributed by atoms with Crippen molar-refractivity contribution in [3.05, 3.63) is 0 Å². The summed E-state index contributed by atoms with van der Waals surface area (Å²) < 4.78 is 0. The molecule has 0 aromatic heterocycles. The molecule has 4 rings (SSSR count). The number of carbonyl (C=O) groups is 2. The molecule has 2 nitrogen and oxygen atoms in total. The zero-order valence-corrected chi connectivity index (χ0v) is 20.1. The smallest absolute Gasteiger partial charge is 0.132 e. The van der Waals surface area contributed by atoms with Gasteiger partial charge in [0, 0.05) is 25.7 Å². The van der Waals surface area contributed by atoms with Crippen molar-refractivity contribution in [1.82, 2.24) is 0 Å². The van der Waals surface area contributed by atoms with E-state index in [9.17, 15) is 9.59 Å². The highest BCUT2D eigenvalue weighted by Crippen LogP contribution is 2.68. The number of unbranched alkanes of at least 4 members (excludes halogenated alkanes) is 6. The third-order valence-corrected chi connectivity index (χ3v) is 8.92. The number of carbonyl (C=O) groups excluding carboxylic acids is 2. The van der Waals surface area contributed by atoms with Crippen LogP contribution in [0.15, 0.2) is 0 Å². The van der Waals surface area contributed by atoms with Gasteiger partial charge in [-0.15, -0.1) is 0 Å². The average Bonchev–Trinajstić information content (AvgIpc) is 2.71. The van der Waals surface area contributed by atoms with Crippen molar-refractivity contribution in [3.63, 3.8) is 0 Å². The maximum Gasteiger partial charge on any atom is 0.132 e. The molecule has 0 radical (unpaired) electrons. The summed E-state index contributed by atoms with van der Waals surface area (Å²) in [5.41, 5.74) is 1.35. The maximum absolute atomic E-state index is 11.5. The largest absolute Gasteiger partial charge is 0.300 e. The second-order valence-corrected chi connectivity index (χ2v) is 11.6. The Labute approximate surface area is 186 Å². The van der Waals surface area contributed by atoms with Crippen LogP contribution >= 0.6 is 0 Å². The molecular weight excluding hydrogens is 368 g/mol. The van der Waals surface area contributed by atoms with E-state index >= 15 is 0 Å². The summed E-state index contributed by atoms with van der Waals surface area (Å²) in [4.78, 5) is 23.0. The van der Waals surface area contributed by atoms with Crippen molar-refractivity contribution >= 4 is 11.6 Å². The van der Waals surface area contributed by atoms with Gasteiger partial charge in [-0.2, -0.15) is 0 Å². The summed E-state index contributed by atoms with van der Waals surface area (Å²) in [6.45, 7) is 3.97. The molecule has 0 amide bonds. The van der Waals surface area contributed by atoms with E-state index in [4.69, 9.17) is 0 Å². The molecule has 0 heterocycles. The normalized spacial score (nSPS) is 31.9. The maximum atomic E-state index is 11.5. The van der Waals surface area contributed by atoms with Gasteiger partial charge in [0.15, 0.2) is 0 Å². The van der Waals surface area contributed by atoms with Crippen molar-refractivity contribution in [2.24, 2.45) is 22.7 Å². The minimum Gasteiger partial charge on any atom is -0.300 e. The molecule has 0 spiro atoms. The Balaban J connectivity index is 1.39. The van der Waals surface area contributed by atoms with E-state index in [-0.39, 0.29) is 0 Å². The molecule has 0 N–H and O–H groups in total. The molecule has 4 saturated carbocycles. The highest BCUT2D eigenvalue weighted by Gasteiger charge is 2.56. The van der Waals surface area contributed by atoms with Gasteiger partial charge in [-0.05, 0) is 86.9 Å². The molecule has 4 aliphatic rings. The lowest BCUT2D eigenvalue weighted by Crippen LogP contribution is -2.51. The molecule has 4 bridgehead atoms. The summed E-state index contributed by atoms with van der Waals surface area (Å²) in [5.74, 6) is 2.93. The van der Waals surface area contributed by atoms with Gasteiger partial charge in [-0.3, -0.25) is 9.59 Å². The first-order valence-electron chi connectivity index (χ1n) is 13.5. The van der Waals surface area contributed by atoms with E-state index in [1.54, 1.807) is 0 Å². The fourth-order valence-electron chi connectivity index (χ4n) is 7.94. The second kappa shape index (κ2) is 11.3. The van der Waals surface area contributed by atoms with E-state index in [0.717, 1.165) is 37.5 Å². The summed E-state index contributed by atoms with van der Waals surface area (Å²) in [7, 11) is 0. The molecule has 0 unspecified atom stereocenters. The van der Waals surface area contributed by atoms with E-state index < -0.39 is 0 Å². The summed E-state index contributed by atoms with van der Waals surface area (Å²) in [6.07, 6.45) is 25.3. The van der Waals surface area contributed by atoms with Crippen LogP contribution < -0.4 is 0 Å². The SMILES string of the molecule is CCC(=O)CCCCCCC12CC3CC(C1)CC(CCCCCCC(=O)CC)(C3)C2. The number of hydrogen-bond acceptors (Lipinski definition) is 2. The van der Waals surface area contributed by atoms with Gasteiger partial charge in [0.25, 0.3) is 0 Å². The Bertz CT molecular complexity index is 503. The van der Waals surface area contributed by atoms with Gasteiger partial charge >= 0.3 is 0 Å². The zero-order valence-electron chi connectivity index (χ0n) is 20.1. The predicted octanol–water partition coefficient (Wildman–Crippen LogP) is 8.21. The summed E-state index contributed by atoms with van der Waals surface area (Å²) in [6, 6.07) is 0. The van der Waals surface area contributed by atoms with Crippen LogP contribution in [-0.4, -0.2) is 11.6 Å². The number of Topliss-reactive ketones (excluding diaryl/α,β-unsaturated/α-hetero) is 2. The molecule has 0 aromatic rings. The summed E-state index contributed by atoms with van der Waals surface area (Å²) >= 11 is 0. The molecule has 172 valence electrons. The number of hydrogen-bond donors (Lipinski definition) is 0. The molecular formula is C28H48O2. The van der Waals surface area contributed by atoms with E-state index in [1.807, 2.05) is 13.8 Å². The first-order chi connectivity index (χ1) is 14.5. The first-order valence-corrected chi connectivity index (χ1v) is 13.5. The third-order valence-electron chi connectivity index (χ3n) is 8.92. The van der Waals surface area contributed by atoms with Gasteiger partial charge in [0.1, 0.15) is 11.6 Å². The number of rotatable bonds is 16. The van der Waals surface area contributed by atoms with Crippen LogP contribution in [0.3, 0.4) is 0 Å². The van der Waals surface area contributed by atoms with Gasteiger partial charge in [0.2, 0.25) is 0 Å². The monoisotopic (exact) mass is 416 g/mol. The fourth-order valence-corrected chi connectivity index (χ4v) is 7.94. The predicted molar refractivity (Wildman–Crippen MR) is 126 cm³/mol. The highest BCUT2D eigenvalue weighted by molar-refractivity contribution is 5.78. The quantitative estimate of drug-likeness (QED) is 0.237. The standard InChI is InChI=1S/C28H48O2/c1-3-25(29)13-9-5-7-11-15-27-18-23-17-24(19-27)21-28(20-23,22-27)16-12-8-6-10-14-26(30)4-2/h23-24H,3-22H2,1-2H3. The Morgan fingerprint density at radius 1 is 0.633 bits per heavy atom. The molecule has 0 atom stereocenters. The van der Waals surface area contributed by atoms with Gasteiger partial charge in [0.05, 0.1) is 0 Å². The van der Waals surface area contributed by atoms with Crippen LogP contribution in [0.4, 0.5) is 0 Å². The molecule has 0 aromatic carbocycles. The lowest BCUT2D eigenvalue weighted by Gasteiger charge is -2.63. The van der Waals surface area contributed by atoms with Crippen LogP contribution in [0.1, 0.15) is 142 Å². The van der Waals surface area contributed by atoms with Crippen LogP contribution in [0, 0.1) is 22.7 Å². The van der Waals surface area contributed by atoms with E-state index in [1.165, 1.54) is 89.9 Å². The van der Waals surface area contributed by atoms with Gasteiger partial charge in [-0.1, -0.05) is 52.4 Å². The van der Waals surface area contributed by atoms with Crippen molar-refractivity contribution in [2.75, 3.05) is 0 Å². The minimum absolute atomic E-state index is 0.440. The number of ketones is 2. The molecule has 0 saturated heterocycles. The van der Waals surface area contributed by atoms with Crippen LogP contribution in [0.2, 0.25) is 0 Å². The van der Waals surface area contributed by atoms with Crippen molar-refractivity contribution < 1.29 is 9.59 Å². The second-order valence-electron chi connectivity index (χ2n) is 11.6. The Morgan fingerprint density at radius 2 is 1.03 bits per heavy atom. The van der Waals surface area contributed by atoms with Crippen LogP contribution in [0.25, 0.3) is 0 Å². The average molecular weight is 417 g/mol. The summed E-state index contributed by atoms with van der Waals surface area (Å²) in [5, 5.41) is 0. The minimum atomic E-state index is 0.440. The Morgan fingerprint density at radius 3 is 1.43 bits per heavy atom. The Hall–Kier alpha value is -0.660. The van der Waals surface area contributed by atoms with Crippen LogP contribution in [0.5, 0.6) is 0 Å². The third kappa shape index (κ3) is 6.67. The molecule has 4 aliphatic carbocycles. The van der Waals surface area contributed by atoms with Crippen molar-refractivity contribution in [2.45, 2.75) is 142 Å². The van der Waals surface area contributed by atoms with Gasteiger partial charge < -0.3 is 0 Å². The van der Waals surface area contributed by atoms with Crippen molar-refractivity contribution in [1.29, 1.82) is 0 Å². The van der Waals surface area contributed by atoms with Crippen LogP contribution in [-0.2, 0) is 9.59 Å². The lowest BCUT2D eigenvalue weighted by atomic mass is 9.42. The molecule has 0 aliphatic heterocycles. The van der Waals surface area contributed by atoms with Crippen molar-refractivity contribution in [3.8, 4) is 0 Å². The first kappa shape index (κ1) is 24.0. The lowest BCUT2D eigenvalue weighted by molar-refractivity contribution is -0.119. The Kier molecular flexibility index (Phi) is 9.02. The van der Waals surface area contributed by atoms with Gasteiger partial charge in [-0.25, -0.2) is 0 Å². The zero-order chi connectivity index (χ0) is 21.5. The molecule has 2 heteroatoms. The molecule has 30 heavy (non-hydrogen) atoms. The highest BCUT2D eigenvalue weighted by atomic mass is 16.1. The fraction of sp³-hybridized carbons (Fsp3) is 0.929. The van der Waals surface area contributed by atoms with E-state index in [2.05, 4.69) is 0 Å².